The minimum Gasteiger partial charge on any atom is -0.385 e. The first-order valence-corrected chi connectivity index (χ1v) is 10.9. The molecule has 1 amide bonds. The van der Waals surface area contributed by atoms with Gasteiger partial charge in [0.2, 0.25) is 0 Å². The summed E-state index contributed by atoms with van der Waals surface area (Å²) < 4.78 is 29.3. The highest BCUT2D eigenvalue weighted by molar-refractivity contribution is 9.10. The molecule has 1 atom stereocenters. The average Bonchev–Trinajstić information content (AvgIpc) is 2.71. The molecule has 0 aromatic heterocycles. The van der Waals surface area contributed by atoms with E-state index in [-0.39, 0.29) is 35.4 Å². The van der Waals surface area contributed by atoms with Gasteiger partial charge in [-0.1, -0.05) is 34.0 Å². The molecule has 160 valence electrons. The van der Waals surface area contributed by atoms with E-state index in [1.54, 1.807) is 18.2 Å². The van der Waals surface area contributed by atoms with E-state index in [1.807, 2.05) is 0 Å². The Labute approximate surface area is 186 Å². The largest absolute Gasteiger partial charge is 0.385 e. The van der Waals surface area contributed by atoms with Crippen LogP contribution in [0, 0.1) is 11.6 Å². The normalized spacial score (nSPS) is 20.6. The minimum absolute atomic E-state index is 0.0217. The van der Waals surface area contributed by atoms with Gasteiger partial charge < -0.3 is 20.6 Å². The highest BCUT2D eigenvalue weighted by Crippen LogP contribution is 2.35. The third-order valence-corrected chi connectivity index (χ3v) is 6.50. The zero-order valence-electron chi connectivity index (χ0n) is 16.0. The van der Waals surface area contributed by atoms with Crippen LogP contribution in [0.2, 0.25) is 5.02 Å². The lowest BCUT2D eigenvalue weighted by molar-refractivity contribution is -0.108. The van der Waals surface area contributed by atoms with Crippen molar-refractivity contribution < 1.29 is 18.7 Å². The number of piperidine rings is 1. The molecule has 2 aromatic rings. The van der Waals surface area contributed by atoms with Crippen molar-refractivity contribution in [1.29, 1.82) is 0 Å². The summed E-state index contributed by atoms with van der Waals surface area (Å²) in [6.45, 7) is 1.12. The van der Waals surface area contributed by atoms with Crippen molar-refractivity contribution in [2.75, 3.05) is 25.0 Å². The number of rotatable bonds is 4. The number of hydrogen-bond donors (Lipinski definition) is 3. The van der Waals surface area contributed by atoms with Gasteiger partial charge in [-0.15, -0.1) is 0 Å². The van der Waals surface area contributed by atoms with Gasteiger partial charge >= 0.3 is 0 Å². The number of carbonyl (C=O) groups excluding carboxylic acids is 1. The third kappa shape index (κ3) is 4.06. The molecule has 5 nitrogen and oxygen atoms in total. The number of carbonyl (C=O) groups is 1. The van der Waals surface area contributed by atoms with E-state index in [0.29, 0.717) is 5.69 Å². The molecule has 0 radical (unpaired) electrons. The van der Waals surface area contributed by atoms with E-state index in [2.05, 4.69) is 26.6 Å². The lowest BCUT2D eigenvalue weighted by atomic mass is 9.81. The molecule has 9 heteroatoms. The molecule has 0 saturated carbocycles. The summed E-state index contributed by atoms with van der Waals surface area (Å²) >= 11 is 9.47. The SMILES string of the molecule is O=C(c1ccc(F)c(F)c1Nc1ccc(Br)cc1Cl)N1CC(O)([C@H]2CCCCN2)C1. The van der Waals surface area contributed by atoms with Gasteiger partial charge in [0.25, 0.3) is 5.91 Å². The predicted octanol–water partition coefficient (Wildman–Crippen LogP) is 4.45. The summed E-state index contributed by atoms with van der Waals surface area (Å²) in [5.41, 5.74) is -0.969. The first-order chi connectivity index (χ1) is 14.3. The average molecular weight is 501 g/mol. The number of nitrogens with zero attached hydrogens (tertiary/aromatic N) is 1. The number of likely N-dealkylation sites (tertiary alicyclic amines) is 1. The lowest BCUT2D eigenvalue weighted by Crippen LogP contribution is -2.72. The number of hydrogen-bond acceptors (Lipinski definition) is 4. The fourth-order valence-electron chi connectivity index (χ4n) is 4.04. The van der Waals surface area contributed by atoms with Crippen molar-refractivity contribution >= 4 is 44.8 Å². The Morgan fingerprint density at radius 2 is 2.03 bits per heavy atom. The van der Waals surface area contributed by atoms with Crippen LogP contribution >= 0.6 is 27.5 Å². The minimum atomic E-state index is -1.16. The van der Waals surface area contributed by atoms with E-state index in [0.717, 1.165) is 36.3 Å². The summed E-state index contributed by atoms with van der Waals surface area (Å²) in [4.78, 5) is 14.5. The molecule has 0 unspecified atom stereocenters. The maximum absolute atomic E-state index is 14.6. The highest BCUT2D eigenvalue weighted by Gasteiger charge is 2.49. The van der Waals surface area contributed by atoms with Gasteiger partial charge in [-0.05, 0) is 49.7 Å². The Morgan fingerprint density at radius 3 is 2.70 bits per heavy atom. The Kier molecular flexibility index (Phi) is 6.03. The monoisotopic (exact) mass is 499 g/mol. The van der Waals surface area contributed by atoms with E-state index in [9.17, 15) is 18.7 Å². The molecule has 3 N–H and O–H groups in total. The van der Waals surface area contributed by atoms with Gasteiger partial charge in [0.1, 0.15) is 5.60 Å². The smallest absolute Gasteiger partial charge is 0.256 e. The summed E-state index contributed by atoms with van der Waals surface area (Å²) in [6, 6.07) is 6.99. The zero-order valence-corrected chi connectivity index (χ0v) is 18.4. The molecule has 0 bridgehead atoms. The maximum Gasteiger partial charge on any atom is 0.256 e. The summed E-state index contributed by atoms with van der Waals surface area (Å²) in [6.07, 6.45) is 2.94. The number of benzene rings is 2. The van der Waals surface area contributed by atoms with E-state index < -0.39 is 23.1 Å². The Hall–Kier alpha value is -1.74. The molecule has 2 aromatic carbocycles. The predicted molar refractivity (Wildman–Crippen MR) is 115 cm³/mol. The van der Waals surface area contributed by atoms with Crippen LogP contribution in [0.1, 0.15) is 29.6 Å². The van der Waals surface area contributed by atoms with Crippen molar-refractivity contribution in [2.45, 2.75) is 30.9 Å². The number of halogens is 4. The van der Waals surface area contributed by atoms with Gasteiger partial charge in [0, 0.05) is 10.5 Å². The van der Waals surface area contributed by atoms with E-state index in [1.165, 1.54) is 11.0 Å². The highest BCUT2D eigenvalue weighted by atomic mass is 79.9. The lowest BCUT2D eigenvalue weighted by Gasteiger charge is -2.51. The fraction of sp³-hybridized carbons (Fsp3) is 0.381. The van der Waals surface area contributed by atoms with Crippen molar-refractivity contribution in [3.8, 4) is 0 Å². The molecule has 2 aliphatic heterocycles. The second-order valence-corrected chi connectivity index (χ2v) is 9.12. The van der Waals surface area contributed by atoms with Crippen LogP contribution in [-0.2, 0) is 0 Å². The molecule has 2 fully saturated rings. The first-order valence-electron chi connectivity index (χ1n) is 9.73. The van der Waals surface area contributed by atoms with Gasteiger partial charge in [0.15, 0.2) is 11.6 Å². The second-order valence-electron chi connectivity index (χ2n) is 7.80. The van der Waals surface area contributed by atoms with Crippen molar-refractivity contribution in [1.82, 2.24) is 10.2 Å². The zero-order chi connectivity index (χ0) is 21.5. The summed E-state index contributed by atoms with van der Waals surface area (Å²) in [5.74, 6) is -2.72. The van der Waals surface area contributed by atoms with Crippen LogP contribution in [0.25, 0.3) is 0 Å². The Morgan fingerprint density at radius 1 is 1.27 bits per heavy atom. The molecule has 2 heterocycles. The molecule has 2 saturated heterocycles. The molecule has 4 rings (SSSR count). The third-order valence-electron chi connectivity index (χ3n) is 5.69. The number of aliphatic hydroxyl groups is 1. The van der Waals surface area contributed by atoms with Crippen LogP contribution in [0.3, 0.4) is 0 Å². The molecule has 0 aliphatic carbocycles. The number of amides is 1. The van der Waals surface area contributed by atoms with E-state index in [4.69, 9.17) is 11.6 Å². The molecule has 0 spiro atoms. The Balaban J connectivity index is 1.57. The van der Waals surface area contributed by atoms with Crippen LogP contribution in [0.15, 0.2) is 34.8 Å². The van der Waals surface area contributed by atoms with Gasteiger partial charge in [-0.25, -0.2) is 8.78 Å². The van der Waals surface area contributed by atoms with Gasteiger partial charge in [-0.3, -0.25) is 4.79 Å². The number of nitrogens with one attached hydrogen (secondary N) is 2. The molecule has 2 aliphatic rings. The summed E-state index contributed by atoms with van der Waals surface area (Å²) in [7, 11) is 0. The number of β-amino-alcohol motifs (C(OH)–C–C–N with tert-alkyl or cyclic N) is 1. The molecular weight excluding hydrogens is 480 g/mol. The fourth-order valence-corrected chi connectivity index (χ4v) is 4.76. The second kappa shape index (κ2) is 8.42. The van der Waals surface area contributed by atoms with Crippen LogP contribution in [0.5, 0.6) is 0 Å². The standard InChI is InChI=1S/C21H21BrClF2N3O2/c22-12-4-7-16(14(23)9-12)27-19-13(5-6-15(24)18(19)25)20(29)28-10-21(30,11-28)17-3-1-2-8-26-17/h4-7,9,17,26-27,30H,1-3,8,10-11H2/t17-/m1/s1. The van der Waals surface area contributed by atoms with Crippen molar-refractivity contribution in [2.24, 2.45) is 0 Å². The quantitative estimate of drug-likeness (QED) is 0.580. The number of anilines is 2. The summed E-state index contributed by atoms with van der Waals surface area (Å²) in [5, 5.41) is 17.2. The maximum atomic E-state index is 14.6. The van der Waals surface area contributed by atoms with Crippen LogP contribution in [0.4, 0.5) is 20.2 Å². The topological polar surface area (TPSA) is 64.6 Å². The van der Waals surface area contributed by atoms with Gasteiger partial charge in [-0.2, -0.15) is 0 Å². The molecule has 30 heavy (non-hydrogen) atoms. The Bertz CT molecular complexity index is 979. The van der Waals surface area contributed by atoms with Crippen LogP contribution in [-0.4, -0.2) is 47.2 Å². The van der Waals surface area contributed by atoms with E-state index >= 15 is 0 Å². The molecular formula is C21H21BrClF2N3O2. The first kappa shape index (κ1) is 21.5. The van der Waals surface area contributed by atoms with Crippen molar-refractivity contribution in [3.05, 3.63) is 57.0 Å². The van der Waals surface area contributed by atoms with Crippen LogP contribution < -0.4 is 10.6 Å². The van der Waals surface area contributed by atoms with Gasteiger partial charge in [0.05, 0.1) is 35.1 Å². The van der Waals surface area contributed by atoms with Crippen molar-refractivity contribution in [3.63, 3.8) is 0 Å².